The van der Waals surface area contributed by atoms with Gasteiger partial charge in [-0.2, -0.15) is 8.42 Å². The van der Waals surface area contributed by atoms with Crippen molar-refractivity contribution in [2.75, 3.05) is 27.3 Å². The van der Waals surface area contributed by atoms with E-state index in [9.17, 15) is 19.7 Å². The van der Waals surface area contributed by atoms with Gasteiger partial charge in [0.15, 0.2) is 0 Å². The second-order valence-electron chi connectivity index (χ2n) is 8.79. The molecule has 0 bridgehead atoms. The van der Waals surface area contributed by atoms with Crippen LogP contribution in [0.25, 0.3) is 0 Å². The molecule has 0 amide bonds. The van der Waals surface area contributed by atoms with E-state index >= 15 is 0 Å². The van der Waals surface area contributed by atoms with E-state index in [2.05, 4.69) is 5.32 Å². The van der Waals surface area contributed by atoms with Crippen LogP contribution < -0.4 is 5.32 Å². The molecule has 1 aliphatic heterocycles. The number of methoxy groups -OCH3 is 1. The standard InChI is InChI=1S/C26H29N3O6.H2O4S/c1-17-22(25(30)34-4)24(20-11-8-12-21(15-20)29(32)33)23(18(2)27-17)26(31)35-14-13-28(3)16-19-9-6-5-7-10-19;1-5(2,3)4/h5-12,15,24,27H,13-14,16H2,1-4H3;(H2,1,2,3,4). The summed E-state index contributed by atoms with van der Waals surface area (Å²) in [4.78, 5) is 38.8. The van der Waals surface area contributed by atoms with Gasteiger partial charge in [0.25, 0.3) is 5.69 Å². The zero-order valence-electron chi connectivity index (χ0n) is 22.4. The highest BCUT2D eigenvalue weighted by Gasteiger charge is 2.38. The van der Waals surface area contributed by atoms with E-state index in [1.54, 1.807) is 19.9 Å². The van der Waals surface area contributed by atoms with Crippen molar-refractivity contribution in [3.63, 3.8) is 0 Å². The number of non-ortho nitro benzene ring substituents is 1. The van der Waals surface area contributed by atoms with Gasteiger partial charge >= 0.3 is 22.3 Å². The maximum Gasteiger partial charge on any atom is 0.394 e. The van der Waals surface area contributed by atoms with Crippen LogP contribution in [0.1, 0.15) is 30.9 Å². The maximum absolute atomic E-state index is 13.3. The fraction of sp³-hybridized carbons (Fsp3) is 0.308. The molecule has 0 aliphatic carbocycles. The van der Waals surface area contributed by atoms with Gasteiger partial charge in [0.2, 0.25) is 0 Å². The molecule has 1 heterocycles. The number of benzene rings is 2. The molecule has 1 atom stereocenters. The quantitative estimate of drug-likeness (QED) is 0.171. The molecule has 14 heteroatoms. The van der Waals surface area contributed by atoms with Gasteiger partial charge in [0.05, 0.1) is 29.1 Å². The fourth-order valence-electron chi connectivity index (χ4n) is 4.14. The highest BCUT2D eigenvalue weighted by Crippen LogP contribution is 2.40. The Kier molecular flexibility index (Phi) is 11.5. The van der Waals surface area contributed by atoms with Crippen LogP contribution in [-0.2, 0) is 36.0 Å². The molecule has 0 aromatic heterocycles. The van der Waals surface area contributed by atoms with Crippen molar-refractivity contribution in [2.24, 2.45) is 0 Å². The van der Waals surface area contributed by atoms with Crippen LogP contribution in [0, 0.1) is 10.1 Å². The largest absolute Gasteiger partial charge is 0.466 e. The zero-order chi connectivity index (χ0) is 30.0. The van der Waals surface area contributed by atoms with Crippen molar-refractivity contribution >= 4 is 28.0 Å². The summed E-state index contributed by atoms with van der Waals surface area (Å²) in [5.41, 5.74) is 2.85. The minimum absolute atomic E-state index is 0.136. The van der Waals surface area contributed by atoms with Crippen molar-refractivity contribution < 1.29 is 41.5 Å². The smallest absolute Gasteiger partial charge is 0.394 e. The average Bonchev–Trinajstić information content (AvgIpc) is 2.87. The molecule has 1 aliphatic rings. The molecule has 0 saturated carbocycles. The van der Waals surface area contributed by atoms with Crippen LogP contribution in [-0.4, -0.2) is 66.6 Å². The molecule has 0 fully saturated rings. The molecule has 13 nitrogen and oxygen atoms in total. The van der Waals surface area contributed by atoms with E-state index in [0.717, 1.165) is 5.56 Å². The number of carbonyl (C=O) groups is 2. The first kappa shape index (κ1) is 32.1. The number of dihydropyridines is 1. The summed E-state index contributed by atoms with van der Waals surface area (Å²) in [5, 5.41) is 14.4. The van der Waals surface area contributed by atoms with E-state index in [4.69, 9.17) is 27.0 Å². The van der Waals surface area contributed by atoms with Crippen molar-refractivity contribution in [2.45, 2.75) is 26.3 Å². The van der Waals surface area contributed by atoms with Crippen LogP contribution in [0.4, 0.5) is 5.69 Å². The Labute approximate surface area is 231 Å². The number of ether oxygens (including phenoxy) is 2. The molecular weight excluding hydrogens is 546 g/mol. The van der Waals surface area contributed by atoms with E-state index in [1.807, 2.05) is 42.3 Å². The van der Waals surface area contributed by atoms with Gasteiger partial charge in [0.1, 0.15) is 6.61 Å². The Morgan fingerprint density at radius 3 is 2.15 bits per heavy atom. The van der Waals surface area contributed by atoms with E-state index in [1.165, 1.54) is 25.3 Å². The summed E-state index contributed by atoms with van der Waals surface area (Å²) < 4.78 is 42.2. The number of nitrogens with zero attached hydrogens (tertiary/aromatic N) is 2. The fourth-order valence-corrected chi connectivity index (χ4v) is 4.14. The van der Waals surface area contributed by atoms with Gasteiger partial charge in [-0.3, -0.25) is 24.1 Å². The number of nitro groups is 1. The third kappa shape index (κ3) is 9.57. The molecule has 3 N–H and O–H groups in total. The zero-order valence-corrected chi connectivity index (χ0v) is 23.2. The minimum Gasteiger partial charge on any atom is -0.466 e. The lowest BCUT2D eigenvalue weighted by Gasteiger charge is -2.30. The summed E-state index contributed by atoms with van der Waals surface area (Å²) in [5.74, 6) is -2.11. The van der Waals surface area contributed by atoms with Gasteiger partial charge in [-0.05, 0) is 32.0 Å². The number of carbonyl (C=O) groups excluding carboxylic acids is 2. The Hall–Kier alpha value is -4.11. The molecule has 1 unspecified atom stereocenters. The topological polar surface area (TPSA) is 186 Å². The Balaban J connectivity index is 0.00000103. The predicted octanol–water partition coefficient (Wildman–Crippen LogP) is 3.03. The number of esters is 2. The van der Waals surface area contributed by atoms with Gasteiger partial charge in [-0.25, -0.2) is 9.59 Å². The molecule has 3 rings (SSSR count). The van der Waals surface area contributed by atoms with E-state index in [-0.39, 0.29) is 23.4 Å². The van der Waals surface area contributed by atoms with Crippen molar-refractivity contribution in [1.29, 1.82) is 0 Å². The lowest BCUT2D eigenvalue weighted by atomic mass is 9.80. The van der Waals surface area contributed by atoms with E-state index < -0.39 is 33.2 Å². The first-order valence-corrected chi connectivity index (χ1v) is 13.2. The number of hydrogen-bond donors (Lipinski definition) is 3. The lowest BCUT2D eigenvalue weighted by molar-refractivity contribution is -0.384. The Bertz CT molecular complexity index is 1400. The number of rotatable bonds is 9. The third-order valence-corrected chi connectivity index (χ3v) is 5.80. The molecule has 216 valence electrons. The van der Waals surface area contributed by atoms with Crippen LogP contribution in [0.2, 0.25) is 0 Å². The Morgan fingerprint density at radius 1 is 1.02 bits per heavy atom. The molecule has 40 heavy (non-hydrogen) atoms. The second-order valence-corrected chi connectivity index (χ2v) is 9.68. The number of hydrogen-bond acceptors (Lipinski definition) is 10. The van der Waals surface area contributed by atoms with Crippen molar-refractivity contribution in [3.05, 3.63) is 98.4 Å². The SMILES string of the molecule is COC(=O)C1=C(C)NC(C)=C(C(=O)OCCN(C)Cc2ccccc2)C1c1cccc([N+](=O)[O-])c1.O=S(=O)(O)O. The first-order valence-electron chi connectivity index (χ1n) is 11.8. The summed E-state index contributed by atoms with van der Waals surface area (Å²) in [7, 11) is -1.49. The summed E-state index contributed by atoms with van der Waals surface area (Å²) in [6, 6.07) is 15.8. The lowest BCUT2D eigenvalue weighted by Crippen LogP contribution is -2.33. The number of allylic oxidation sites excluding steroid dienone is 2. The highest BCUT2D eigenvalue weighted by atomic mass is 32.3. The van der Waals surface area contributed by atoms with Gasteiger partial charge in [-0.15, -0.1) is 0 Å². The monoisotopic (exact) mass is 577 g/mol. The molecule has 2 aromatic rings. The number of nitrogens with one attached hydrogen (secondary N) is 1. The summed E-state index contributed by atoms with van der Waals surface area (Å²) in [6.45, 7) is 4.74. The molecule has 0 saturated heterocycles. The Morgan fingerprint density at radius 2 is 1.60 bits per heavy atom. The van der Waals surface area contributed by atoms with Gasteiger partial charge in [-0.1, -0.05) is 42.5 Å². The number of nitro benzene ring substituents is 1. The summed E-state index contributed by atoms with van der Waals surface area (Å²) in [6.07, 6.45) is 0. The van der Waals surface area contributed by atoms with Crippen LogP contribution in [0.3, 0.4) is 0 Å². The van der Waals surface area contributed by atoms with Crippen molar-refractivity contribution in [1.82, 2.24) is 10.2 Å². The molecule has 0 radical (unpaired) electrons. The minimum atomic E-state index is -4.67. The molecular formula is C26H31N3O10S. The number of likely N-dealkylation sites (N-methyl/N-ethyl adjacent to an activating group) is 1. The normalized spacial score (nSPS) is 15.1. The summed E-state index contributed by atoms with van der Waals surface area (Å²) >= 11 is 0. The third-order valence-electron chi connectivity index (χ3n) is 5.80. The average molecular weight is 578 g/mol. The molecule has 0 spiro atoms. The first-order chi connectivity index (χ1) is 18.7. The second kappa shape index (κ2) is 14.3. The van der Waals surface area contributed by atoms with Crippen LogP contribution in [0.15, 0.2) is 77.1 Å². The highest BCUT2D eigenvalue weighted by molar-refractivity contribution is 7.79. The molecule has 2 aromatic carbocycles. The predicted molar refractivity (Wildman–Crippen MR) is 144 cm³/mol. The van der Waals surface area contributed by atoms with Crippen LogP contribution in [0.5, 0.6) is 0 Å². The van der Waals surface area contributed by atoms with Crippen molar-refractivity contribution in [3.8, 4) is 0 Å². The van der Waals surface area contributed by atoms with Gasteiger partial charge in [0, 0.05) is 36.6 Å². The maximum atomic E-state index is 13.3. The van der Waals surface area contributed by atoms with Crippen LogP contribution >= 0.6 is 0 Å². The van der Waals surface area contributed by atoms with E-state index in [0.29, 0.717) is 30.0 Å². The van der Waals surface area contributed by atoms with Gasteiger partial charge < -0.3 is 14.8 Å².